The summed E-state index contributed by atoms with van der Waals surface area (Å²) in [7, 11) is 0. The molecule has 0 atom stereocenters. The van der Waals surface area contributed by atoms with E-state index < -0.39 is 0 Å². The molecule has 2 aliphatic carbocycles. The van der Waals surface area contributed by atoms with Crippen molar-refractivity contribution in [2.75, 3.05) is 4.90 Å². The number of anilines is 3. The third-order valence-corrected chi connectivity index (χ3v) is 14.3. The van der Waals surface area contributed by atoms with E-state index in [1.165, 1.54) is 99.4 Å². The summed E-state index contributed by atoms with van der Waals surface area (Å²) < 4.78 is 0. The highest BCUT2D eigenvalue weighted by molar-refractivity contribution is 6.13. The summed E-state index contributed by atoms with van der Waals surface area (Å²) in [6, 6.07) is 79.2. The Morgan fingerprint density at radius 2 is 0.746 bits per heavy atom. The highest BCUT2D eigenvalue weighted by Crippen LogP contribution is 2.56. The lowest BCUT2D eigenvalue weighted by molar-refractivity contribution is 0.660. The molecule has 0 N–H and O–H groups in total. The second kappa shape index (κ2) is 14.0. The Labute approximate surface area is 370 Å². The fourth-order valence-corrected chi connectivity index (χ4v) is 11.3. The van der Waals surface area contributed by atoms with E-state index in [9.17, 15) is 0 Å². The molecular formula is C62H47N. The molecule has 0 aromatic heterocycles. The summed E-state index contributed by atoms with van der Waals surface area (Å²) in [4.78, 5) is 2.56. The van der Waals surface area contributed by atoms with Gasteiger partial charge in [0.05, 0.1) is 17.1 Å². The van der Waals surface area contributed by atoms with Crippen molar-refractivity contribution in [1.29, 1.82) is 0 Å². The zero-order chi connectivity index (χ0) is 42.5. The van der Waals surface area contributed by atoms with E-state index in [1.54, 1.807) is 0 Å². The summed E-state index contributed by atoms with van der Waals surface area (Å²) in [5, 5.41) is 5.02. The molecular weight excluding hydrogens is 759 g/mol. The molecule has 1 nitrogen and oxygen atoms in total. The van der Waals surface area contributed by atoms with Crippen molar-refractivity contribution in [3.8, 4) is 55.6 Å². The molecule has 2 aliphatic rings. The van der Waals surface area contributed by atoms with Gasteiger partial charge in [-0.25, -0.2) is 0 Å². The molecule has 0 fully saturated rings. The Morgan fingerprint density at radius 3 is 1.46 bits per heavy atom. The van der Waals surface area contributed by atoms with E-state index in [1.807, 2.05) is 0 Å². The molecule has 0 bridgehead atoms. The highest BCUT2D eigenvalue weighted by Gasteiger charge is 2.39. The zero-order valence-electron chi connectivity index (χ0n) is 36.2. The van der Waals surface area contributed by atoms with Gasteiger partial charge in [0.25, 0.3) is 0 Å². The minimum atomic E-state index is -0.184. The van der Waals surface area contributed by atoms with E-state index in [0.717, 1.165) is 17.1 Å². The van der Waals surface area contributed by atoms with E-state index in [0.29, 0.717) is 0 Å². The van der Waals surface area contributed by atoms with Crippen LogP contribution in [0, 0.1) is 0 Å². The molecule has 1 heteroatoms. The van der Waals surface area contributed by atoms with Crippen molar-refractivity contribution in [2.45, 2.75) is 38.5 Å². The average Bonchev–Trinajstić information content (AvgIpc) is 3.71. The smallest absolute Gasteiger partial charge is 0.0540 e. The first-order chi connectivity index (χ1) is 30.8. The molecule has 300 valence electrons. The first-order valence-corrected chi connectivity index (χ1v) is 22.3. The van der Waals surface area contributed by atoms with E-state index in [-0.39, 0.29) is 10.8 Å². The minimum Gasteiger partial charge on any atom is -0.309 e. The van der Waals surface area contributed by atoms with Gasteiger partial charge in [-0.3, -0.25) is 0 Å². The van der Waals surface area contributed by atoms with Crippen LogP contribution < -0.4 is 4.90 Å². The van der Waals surface area contributed by atoms with Crippen molar-refractivity contribution >= 4 is 38.6 Å². The van der Waals surface area contributed by atoms with E-state index in [4.69, 9.17) is 0 Å². The van der Waals surface area contributed by atoms with E-state index in [2.05, 4.69) is 245 Å². The average molecular weight is 806 g/mol. The van der Waals surface area contributed by atoms with Crippen LogP contribution in [-0.2, 0) is 10.8 Å². The number of fused-ring (bicyclic) bond motifs is 9. The second-order valence-electron chi connectivity index (χ2n) is 18.4. The van der Waals surface area contributed by atoms with Crippen molar-refractivity contribution in [2.24, 2.45) is 0 Å². The summed E-state index contributed by atoms with van der Waals surface area (Å²) in [5.74, 6) is 0. The fraction of sp³-hybridized carbons (Fsp3) is 0.0968. The third kappa shape index (κ3) is 5.56. The standard InChI is InChI=1S/C62H47N/c1-61(2)54-30-12-7-22-47(54)49-38-36-41(39-56(49)61)43-21-9-14-32-57(43)63(58-33-15-10-24-50(58)45-27-17-26-44-42-20-6-5-19-40(42)35-37-46(44)45)59-34-16-11-25-51(59)53-29-18-28-52-48-23-8-13-31-55(48)62(3,4)60(52)53/h5-39H,1-4H3. The fourth-order valence-electron chi connectivity index (χ4n) is 11.3. The van der Waals surface area contributed by atoms with Crippen LogP contribution in [0.4, 0.5) is 17.1 Å². The van der Waals surface area contributed by atoms with Crippen molar-refractivity contribution in [3.05, 3.63) is 235 Å². The Morgan fingerprint density at radius 1 is 0.286 bits per heavy atom. The van der Waals surface area contributed by atoms with Crippen LogP contribution in [0.3, 0.4) is 0 Å². The molecule has 0 amide bonds. The van der Waals surface area contributed by atoms with Crippen LogP contribution in [0.1, 0.15) is 49.9 Å². The number of rotatable bonds is 6. The van der Waals surface area contributed by atoms with Gasteiger partial charge in [-0.1, -0.05) is 216 Å². The largest absolute Gasteiger partial charge is 0.309 e. The van der Waals surface area contributed by atoms with Gasteiger partial charge < -0.3 is 4.90 Å². The first-order valence-electron chi connectivity index (χ1n) is 22.3. The van der Waals surface area contributed by atoms with Crippen LogP contribution >= 0.6 is 0 Å². The number of hydrogen-bond donors (Lipinski definition) is 0. The Balaban J connectivity index is 1.13. The lowest BCUT2D eigenvalue weighted by atomic mass is 9.78. The number of nitrogens with zero attached hydrogens (tertiary/aromatic N) is 1. The van der Waals surface area contributed by atoms with Gasteiger partial charge in [-0.15, -0.1) is 0 Å². The summed E-state index contributed by atoms with van der Waals surface area (Å²) in [6.45, 7) is 9.53. The van der Waals surface area contributed by atoms with Crippen LogP contribution in [0.25, 0.3) is 77.2 Å². The van der Waals surface area contributed by atoms with Crippen LogP contribution in [0.5, 0.6) is 0 Å². The number of benzene rings is 10. The predicted molar refractivity (Wildman–Crippen MR) is 268 cm³/mol. The van der Waals surface area contributed by atoms with Gasteiger partial charge in [0, 0.05) is 27.5 Å². The molecule has 0 aliphatic heterocycles. The molecule has 0 unspecified atom stereocenters. The topological polar surface area (TPSA) is 3.24 Å². The normalized spacial score (nSPS) is 14.0. The van der Waals surface area contributed by atoms with E-state index >= 15 is 0 Å². The van der Waals surface area contributed by atoms with Gasteiger partial charge in [0.15, 0.2) is 0 Å². The second-order valence-corrected chi connectivity index (χ2v) is 18.4. The van der Waals surface area contributed by atoms with Crippen LogP contribution in [-0.4, -0.2) is 0 Å². The highest BCUT2D eigenvalue weighted by atomic mass is 15.1. The zero-order valence-corrected chi connectivity index (χ0v) is 36.2. The summed E-state index contributed by atoms with van der Waals surface area (Å²) in [5.41, 5.74) is 21.2. The molecule has 0 saturated heterocycles. The van der Waals surface area contributed by atoms with Crippen LogP contribution in [0.15, 0.2) is 212 Å². The quantitative estimate of drug-likeness (QED) is 0.151. The maximum absolute atomic E-state index is 2.56. The van der Waals surface area contributed by atoms with Gasteiger partial charge in [-0.2, -0.15) is 0 Å². The SMILES string of the molecule is CC1(C)c2ccccc2-c2ccc(-c3ccccc3N(c3ccccc3-c3cccc4c3C(C)(C)c3ccccc3-4)c3ccccc3-c3cccc4c3ccc3ccccc34)cc21. The molecule has 0 heterocycles. The monoisotopic (exact) mass is 805 g/mol. The molecule has 63 heavy (non-hydrogen) atoms. The summed E-state index contributed by atoms with van der Waals surface area (Å²) >= 11 is 0. The Kier molecular flexibility index (Phi) is 8.30. The Bertz CT molecular complexity index is 3470. The van der Waals surface area contributed by atoms with Crippen molar-refractivity contribution in [3.63, 3.8) is 0 Å². The molecule has 0 radical (unpaired) electrons. The van der Waals surface area contributed by atoms with Gasteiger partial charge in [0.2, 0.25) is 0 Å². The van der Waals surface area contributed by atoms with Gasteiger partial charge in [-0.05, 0) is 107 Å². The minimum absolute atomic E-state index is 0.119. The summed E-state index contributed by atoms with van der Waals surface area (Å²) in [6.07, 6.45) is 0. The molecule has 12 rings (SSSR count). The molecule has 0 spiro atoms. The lowest BCUT2D eigenvalue weighted by Crippen LogP contribution is -2.17. The number of para-hydroxylation sites is 3. The number of hydrogen-bond acceptors (Lipinski definition) is 1. The maximum atomic E-state index is 2.56. The molecule has 10 aromatic rings. The first kappa shape index (κ1) is 37.3. The van der Waals surface area contributed by atoms with Crippen molar-refractivity contribution < 1.29 is 0 Å². The lowest BCUT2D eigenvalue weighted by Gasteiger charge is -2.33. The molecule has 10 aromatic carbocycles. The predicted octanol–water partition coefficient (Wildman–Crippen LogP) is 17.1. The maximum Gasteiger partial charge on any atom is 0.0540 e. The van der Waals surface area contributed by atoms with Crippen LogP contribution in [0.2, 0.25) is 0 Å². The Hall–Kier alpha value is -7.48. The van der Waals surface area contributed by atoms with Gasteiger partial charge in [0.1, 0.15) is 0 Å². The van der Waals surface area contributed by atoms with Crippen molar-refractivity contribution in [1.82, 2.24) is 0 Å². The van der Waals surface area contributed by atoms with Gasteiger partial charge >= 0.3 is 0 Å². The molecule has 0 saturated carbocycles. The third-order valence-electron chi connectivity index (χ3n) is 14.3.